The van der Waals surface area contributed by atoms with Gasteiger partial charge in [0.1, 0.15) is 0 Å². The number of nitrogens with zero attached hydrogens (tertiary/aromatic N) is 2. The molecule has 1 aromatic heterocycles. The molecule has 0 saturated carbocycles. The van der Waals surface area contributed by atoms with Crippen LogP contribution in [0.2, 0.25) is 0 Å². The Hall–Kier alpha value is -1.50. The van der Waals surface area contributed by atoms with Crippen LogP contribution in [0.3, 0.4) is 0 Å². The first kappa shape index (κ1) is 12.9. The summed E-state index contributed by atoms with van der Waals surface area (Å²) >= 11 is 2.19. The Kier molecular flexibility index (Phi) is 4.24. The second-order valence-electron chi connectivity index (χ2n) is 3.83. The van der Waals surface area contributed by atoms with Crippen LogP contribution in [-0.2, 0) is 6.54 Å². The number of nitrogens with one attached hydrogen (secondary N) is 1. The fourth-order valence-electron chi connectivity index (χ4n) is 1.52. The van der Waals surface area contributed by atoms with Crippen molar-refractivity contribution in [1.82, 2.24) is 15.5 Å². The van der Waals surface area contributed by atoms with E-state index in [0.717, 1.165) is 14.8 Å². The molecule has 0 bridgehead atoms. The van der Waals surface area contributed by atoms with Gasteiger partial charge in [-0.15, -0.1) is 0 Å². The van der Waals surface area contributed by atoms with E-state index in [-0.39, 0.29) is 5.91 Å². The molecule has 0 spiro atoms. The van der Waals surface area contributed by atoms with Gasteiger partial charge in [0.05, 0.1) is 17.8 Å². The summed E-state index contributed by atoms with van der Waals surface area (Å²) in [6.07, 6.45) is 1.61. The van der Waals surface area contributed by atoms with Crippen molar-refractivity contribution >= 4 is 28.5 Å². The zero-order valence-corrected chi connectivity index (χ0v) is 12.0. The third-order valence-electron chi connectivity index (χ3n) is 2.49. The molecule has 4 nitrogen and oxygen atoms in total. The molecule has 92 valence electrons. The number of hydrogen-bond acceptors (Lipinski definition) is 3. The van der Waals surface area contributed by atoms with E-state index >= 15 is 0 Å². The van der Waals surface area contributed by atoms with Gasteiger partial charge in [0.2, 0.25) is 0 Å². The number of benzene rings is 1. The topological polar surface area (TPSA) is 54.9 Å². The molecule has 0 aliphatic heterocycles. The molecular formula is C13H12IN3O. The highest BCUT2D eigenvalue weighted by atomic mass is 127. The molecule has 1 N–H and O–H groups in total. The van der Waals surface area contributed by atoms with E-state index in [1.54, 1.807) is 12.3 Å². The monoisotopic (exact) mass is 353 g/mol. The van der Waals surface area contributed by atoms with E-state index in [4.69, 9.17) is 0 Å². The second kappa shape index (κ2) is 5.90. The van der Waals surface area contributed by atoms with Crippen LogP contribution in [0.5, 0.6) is 0 Å². The maximum Gasteiger partial charge on any atom is 0.252 e. The molecule has 1 aromatic carbocycles. The van der Waals surface area contributed by atoms with E-state index < -0.39 is 0 Å². The van der Waals surface area contributed by atoms with Crippen LogP contribution in [0, 0.1) is 10.5 Å². The van der Waals surface area contributed by atoms with Crippen molar-refractivity contribution in [3.05, 3.63) is 56.9 Å². The Morgan fingerprint density at radius 2 is 2.17 bits per heavy atom. The van der Waals surface area contributed by atoms with Gasteiger partial charge in [0.15, 0.2) is 0 Å². The molecule has 0 atom stereocenters. The Labute approximate surface area is 119 Å². The van der Waals surface area contributed by atoms with Crippen LogP contribution >= 0.6 is 22.6 Å². The lowest BCUT2D eigenvalue weighted by atomic mass is 10.1. The van der Waals surface area contributed by atoms with Crippen molar-refractivity contribution in [3.8, 4) is 0 Å². The zero-order valence-electron chi connectivity index (χ0n) is 9.85. The average Bonchev–Trinajstić information content (AvgIpc) is 2.40. The van der Waals surface area contributed by atoms with Crippen molar-refractivity contribution in [3.63, 3.8) is 0 Å². The minimum Gasteiger partial charge on any atom is -0.346 e. The average molecular weight is 353 g/mol. The molecule has 2 rings (SSSR count). The summed E-state index contributed by atoms with van der Waals surface area (Å²) in [5, 5.41) is 10.5. The standard InChI is InChI=1S/C13H12IN3O/c1-9-4-2-6-11(12(9)14)13(18)15-8-10-5-3-7-16-17-10/h2-7H,8H2,1H3,(H,15,18). The van der Waals surface area contributed by atoms with Crippen LogP contribution in [-0.4, -0.2) is 16.1 Å². The van der Waals surface area contributed by atoms with E-state index in [1.165, 1.54) is 0 Å². The highest BCUT2D eigenvalue weighted by Gasteiger charge is 2.10. The summed E-state index contributed by atoms with van der Waals surface area (Å²) in [5.41, 5.74) is 2.54. The molecular weight excluding hydrogens is 341 g/mol. The van der Waals surface area contributed by atoms with Crippen LogP contribution in [0.1, 0.15) is 21.6 Å². The number of aryl methyl sites for hydroxylation is 1. The number of carbonyl (C=O) groups excluding carboxylic acids is 1. The molecule has 0 unspecified atom stereocenters. The normalized spacial score (nSPS) is 10.1. The first-order valence-electron chi connectivity index (χ1n) is 5.48. The molecule has 5 heteroatoms. The van der Waals surface area contributed by atoms with Crippen molar-refractivity contribution in [2.75, 3.05) is 0 Å². The van der Waals surface area contributed by atoms with E-state index in [9.17, 15) is 4.79 Å². The molecule has 0 saturated heterocycles. The summed E-state index contributed by atoms with van der Waals surface area (Å²) in [7, 11) is 0. The quantitative estimate of drug-likeness (QED) is 0.862. The number of amides is 1. The predicted octanol–water partition coefficient (Wildman–Crippen LogP) is 2.32. The van der Waals surface area contributed by atoms with Gasteiger partial charge >= 0.3 is 0 Å². The molecule has 0 radical (unpaired) electrons. The second-order valence-corrected chi connectivity index (χ2v) is 4.91. The van der Waals surface area contributed by atoms with Crippen LogP contribution in [0.4, 0.5) is 0 Å². The molecule has 2 aromatic rings. The number of halogens is 1. The van der Waals surface area contributed by atoms with Crippen molar-refractivity contribution in [2.24, 2.45) is 0 Å². The van der Waals surface area contributed by atoms with Gasteiger partial charge in [-0.25, -0.2) is 0 Å². The van der Waals surface area contributed by atoms with Gasteiger partial charge in [0.25, 0.3) is 5.91 Å². The maximum absolute atomic E-state index is 12.0. The van der Waals surface area contributed by atoms with Crippen LogP contribution in [0.25, 0.3) is 0 Å². The highest BCUT2D eigenvalue weighted by molar-refractivity contribution is 14.1. The van der Waals surface area contributed by atoms with E-state index in [0.29, 0.717) is 12.1 Å². The SMILES string of the molecule is Cc1cccc(C(=O)NCc2cccnn2)c1I. The van der Waals surface area contributed by atoms with Crippen molar-refractivity contribution < 1.29 is 4.79 Å². The Balaban J connectivity index is 2.07. The maximum atomic E-state index is 12.0. The number of carbonyl (C=O) groups is 1. The van der Waals surface area contributed by atoms with Gasteiger partial charge in [-0.3, -0.25) is 4.79 Å². The van der Waals surface area contributed by atoms with E-state index in [2.05, 4.69) is 38.1 Å². The fourth-order valence-corrected chi connectivity index (χ4v) is 2.12. The lowest BCUT2D eigenvalue weighted by Gasteiger charge is -2.07. The highest BCUT2D eigenvalue weighted by Crippen LogP contribution is 2.16. The number of rotatable bonds is 3. The third-order valence-corrected chi connectivity index (χ3v) is 3.93. The number of hydrogen-bond donors (Lipinski definition) is 1. The van der Waals surface area contributed by atoms with Crippen LogP contribution in [0.15, 0.2) is 36.5 Å². The van der Waals surface area contributed by atoms with Gasteiger partial charge in [-0.1, -0.05) is 12.1 Å². The smallest absolute Gasteiger partial charge is 0.252 e. The Morgan fingerprint density at radius 3 is 2.89 bits per heavy atom. The minimum absolute atomic E-state index is 0.0891. The lowest BCUT2D eigenvalue weighted by Crippen LogP contribution is -2.24. The van der Waals surface area contributed by atoms with Gasteiger partial charge in [0, 0.05) is 9.77 Å². The van der Waals surface area contributed by atoms with Gasteiger partial charge in [-0.05, 0) is 53.3 Å². The Morgan fingerprint density at radius 1 is 1.33 bits per heavy atom. The molecule has 0 aliphatic carbocycles. The van der Waals surface area contributed by atoms with E-state index in [1.807, 2.05) is 31.2 Å². The molecule has 0 aliphatic rings. The summed E-state index contributed by atoms with van der Waals surface area (Å²) in [6.45, 7) is 2.37. The first-order chi connectivity index (χ1) is 8.68. The summed E-state index contributed by atoms with van der Waals surface area (Å²) < 4.78 is 0.978. The van der Waals surface area contributed by atoms with Gasteiger partial charge < -0.3 is 5.32 Å². The largest absolute Gasteiger partial charge is 0.346 e. The summed E-state index contributed by atoms with van der Waals surface area (Å²) in [6, 6.07) is 9.32. The lowest BCUT2D eigenvalue weighted by molar-refractivity contribution is 0.0949. The van der Waals surface area contributed by atoms with Gasteiger partial charge in [-0.2, -0.15) is 10.2 Å². The first-order valence-corrected chi connectivity index (χ1v) is 6.56. The molecule has 1 heterocycles. The fraction of sp³-hybridized carbons (Fsp3) is 0.154. The zero-order chi connectivity index (χ0) is 13.0. The summed E-state index contributed by atoms with van der Waals surface area (Å²) in [4.78, 5) is 12.0. The third kappa shape index (κ3) is 3.04. The van der Waals surface area contributed by atoms with Crippen LogP contribution < -0.4 is 5.32 Å². The van der Waals surface area contributed by atoms with Crippen molar-refractivity contribution in [1.29, 1.82) is 0 Å². The van der Waals surface area contributed by atoms with Crippen molar-refractivity contribution in [2.45, 2.75) is 13.5 Å². The summed E-state index contributed by atoms with van der Waals surface area (Å²) in [5.74, 6) is -0.0891. The Bertz CT molecular complexity index is 557. The predicted molar refractivity (Wildman–Crippen MR) is 77.1 cm³/mol. The minimum atomic E-state index is -0.0891. The number of aromatic nitrogens is 2. The molecule has 18 heavy (non-hydrogen) atoms. The molecule has 1 amide bonds. The molecule has 0 fully saturated rings.